The van der Waals surface area contributed by atoms with Crippen molar-refractivity contribution in [3.8, 4) is 0 Å². The molecule has 0 spiro atoms. The molecule has 0 unspecified atom stereocenters. The third kappa shape index (κ3) is 3.18. The molecule has 0 aliphatic rings. The lowest BCUT2D eigenvalue weighted by atomic mass is 9.78. The summed E-state index contributed by atoms with van der Waals surface area (Å²) in [6.07, 6.45) is 0.864. The molecular weight excluding hydrogens is 363 g/mol. The third-order valence-electron chi connectivity index (χ3n) is 3.42. The molecule has 2 aromatic rings. The minimum absolute atomic E-state index is 0.207. The maximum absolute atomic E-state index is 6.31. The molecule has 0 aliphatic heterocycles. The number of hydrogen-bond acceptors (Lipinski definition) is 1. The number of halogens is 3. The fraction of sp³-hybridized carbons (Fsp3) is 0.333. The van der Waals surface area contributed by atoms with Crippen molar-refractivity contribution in [1.29, 1.82) is 0 Å². The average Bonchev–Trinajstić information content (AvgIpc) is 2.82. The highest BCUT2D eigenvalue weighted by Crippen LogP contribution is 2.37. The predicted octanol–water partition coefficient (Wildman–Crippen LogP) is 5.78. The quantitative estimate of drug-likeness (QED) is 0.579. The van der Waals surface area contributed by atoms with Crippen LogP contribution >= 0.6 is 50.5 Å². The molecule has 0 nitrogen and oxygen atoms in total. The van der Waals surface area contributed by atoms with Crippen molar-refractivity contribution in [2.75, 3.05) is 11.8 Å². The second-order valence-electron chi connectivity index (χ2n) is 4.73. The van der Waals surface area contributed by atoms with Crippen LogP contribution < -0.4 is 0 Å². The van der Waals surface area contributed by atoms with Crippen molar-refractivity contribution < 1.29 is 0 Å². The number of alkyl halides is 2. The fourth-order valence-corrected chi connectivity index (χ4v) is 4.69. The van der Waals surface area contributed by atoms with Crippen molar-refractivity contribution in [2.45, 2.75) is 18.8 Å². The van der Waals surface area contributed by atoms with Crippen LogP contribution in [0.5, 0.6) is 0 Å². The summed E-state index contributed by atoms with van der Waals surface area (Å²) in [7, 11) is 0. The normalized spacial score (nSPS) is 11.8. The van der Waals surface area contributed by atoms with Gasteiger partial charge in [0, 0.05) is 26.5 Å². The van der Waals surface area contributed by atoms with Gasteiger partial charge in [-0.25, -0.2) is 0 Å². The highest BCUT2D eigenvalue weighted by Gasteiger charge is 2.33. The van der Waals surface area contributed by atoms with Crippen LogP contribution in [0.3, 0.4) is 0 Å². The Bertz CT molecular complexity index is 547. The molecule has 1 aromatic carbocycles. The Morgan fingerprint density at radius 3 is 2.37 bits per heavy atom. The zero-order valence-electron chi connectivity index (χ0n) is 10.6. The van der Waals surface area contributed by atoms with E-state index in [1.807, 2.05) is 6.07 Å². The largest absolute Gasteiger partial charge is 0.148 e. The minimum Gasteiger partial charge on any atom is -0.148 e. The van der Waals surface area contributed by atoms with Crippen LogP contribution in [0.1, 0.15) is 16.0 Å². The SMILES string of the molecule is Cc1ccccc1C(CCl)(CCl)Cc1sccc1Br. The summed E-state index contributed by atoms with van der Waals surface area (Å²) in [5, 5.41) is 2.09. The van der Waals surface area contributed by atoms with Gasteiger partial charge in [-0.15, -0.1) is 34.5 Å². The van der Waals surface area contributed by atoms with Crippen molar-refractivity contribution >= 4 is 50.5 Å². The highest BCUT2D eigenvalue weighted by molar-refractivity contribution is 9.10. The van der Waals surface area contributed by atoms with Crippen LogP contribution in [-0.2, 0) is 11.8 Å². The molecule has 0 amide bonds. The van der Waals surface area contributed by atoms with Crippen molar-refractivity contribution in [3.63, 3.8) is 0 Å². The number of rotatable bonds is 5. The minimum atomic E-state index is -0.207. The lowest BCUT2D eigenvalue weighted by molar-refractivity contribution is 0.537. The molecule has 1 aromatic heterocycles. The van der Waals surface area contributed by atoms with Crippen LogP contribution in [-0.4, -0.2) is 11.8 Å². The van der Waals surface area contributed by atoms with E-state index in [2.05, 4.69) is 52.5 Å². The molecule has 19 heavy (non-hydrogen) atoms. The smallest absolute Gasteiger partial charge is 0.0335 e. The van der Waals surface area contributed by atoms with Gasteiger partial charge >= 0.3 is 0 Å². The first kappa shape index (κ1) is 15.4. The molecule has 0 radical (unpaired) electrons. The summed E-state index contributed by atoms with van der Waals surface area (Å²) in [6, 6.07) is 10.4. The third-order valence-corrected chi connectivity index (χ3v) is 6.37. The summed E-state index contributed by atoms with van der Waals surface area (Å²) in [5.41, 5.74) is 2.29. The molecule has 2 rings (SSSR count). The lowest BCUT2D eigenvalue weighted by Gasteiger charge is -2.31. The molecule has 0 aliphatic carbocycles. The number of hydrogen-bond donors (Lipinski definition) is 0. The summed E-state index contributed by atoms with van der Waals surface area (Å²) >= 11 is 17.9. The van der Waals surface area contributed by atoms with E-state index >= 15 is 0 Å². The fourth-order valence-electron chi connectivity index (χ4n) is 2.30. The topological polar surface area (TPSA) is 0 Å². The van der Waals surface area contributed by atoms with E-state index in [1.165, 1.54) is 16.0 Å². The van der Waals surface area contributed by atoms with Gasteiger partial charge in [0.05, 0.1) is 0 Å². The molecule has 4 heteroatoms. The Balaban J connectivity index is 2.44. The van der Waals surface area contributed by atoms with Gasteiger partial charge in [-0.1, -0.05) is 24.3 Å². The maximum atomic E-state index is 6.31. The van der Waals surface area contributed by atoms with Gasteiger partial charge in [0.25, 0.3) is 0 Å². The number of thiophene rings is 1. The lowest BCUT2D eigenvalue weighted by Crippen LogP contribution is -2.34. The van der Waals surface area contributed by atoms with Crippen molar-refractivity contribution in [2.24, 2.45) is 0 Å². The highest BCUT2D eigenvalue weighted by atomic mass is 79.9. The monoisotopic (exact) mass is 376 g/mol. The van der Waals surface area contributed by atoms with Crippen LogP contribution in [0.25, 0.3) is 0 Å². The molecule has 0 saturated carbocycles. The van der Waals surface area contributed by atoms with Gasteiger partial charge in [-0.3, -0.25) is 0 Å². The van der Waals surface area contributed by atoms with Gasteiger partial charge in [0.1, 0.15) is 0 Å². The first-order valence-corrected chi connectivity index (χ1v) is 8.77. The molecular formula is C15H15BrCl2S. The Labute approximate surface area is 136 Å². The first-order valence-electron chi connectivity index (χ1n) is 6.03. The van der Waals surface area contributed by atoms with Gasteiger partial charge in [-0.2, -0.15) is 0 Å². The van der Waals surface area contributed by atoms with E-state index < -0.39 is 0 Å². The van der Waals surface area contributed by atoms with Gasteiger partial charge in [0.2, 0.25) is 0 Å². The van der Waals surface area contributed by atoms with E-state index in [-0.39, 0.29) is 5.41 Å². The van der Waals surface area contributed by atoms with Crippen LogP contribution in [0, 0.1) is 6.92 Å². The zero-order chi connectivity index (χ0) is 13.9. The number of benzene rings is 1. The molecule has 0 N–H and O–H groups in total. The van der Waals surface area contributed by atoms with Crippen molar-refractivity contribution in [1.82, 2.24) is 0 Å². The van der Waals surface area contributed by atoms with E-state index in [4.69, 9.17) is 23.2 Å². The Morgan fingerprint density at radius 2 is 1.84 bits per heavy atom. The average molecular weight is 378 g/mol. The Morgan fingerprint density at radius 1 is 1.16 bits per heavy atom. The van der Waals surface area contributed by atoms with Gasteiger partial charge < -0.3 is 0 Å². The molecule has 0 atom stereocenters. The molecule has 0 fully saturated rings. The van der Waals surface area contributed by atoms with E-state index in [1.54, 1.807) is 11.3 Å². The second kappa shape index (κ2) is 6.62. The van der Waals surface area contributed by atoms with Gasteiger partial charge in [-0.05, 0) is 51.8 Å². The van der Waals surface area contributed by atoms with E-state index in [0.717, 1.165) is 10.9 Å². The van der Waals surface area contributed by atoms with E-state index in [0.29, 0.717) is 11.8 Å². The van der Waals surface area contributed by atoms with Crippen molar-refractivity contribution in [3.05, 3.63) is 56.2 Å². The van der Waals surface area contributed by atoms with Crippen LogP contribution in [0.15, 0.2) is 40.2 Å². The summed E-state index contributed by atoms with van der Waals surface area (Å²) in [5.74, 6) is 1.04. The van der Waals surface area contributed by atoms with Crippen LogP contribution in [0.2, 0.25) is 0 Å². The Kier molecular flexibility index (Phi) is 5.36. The molecule has 102 valence electrons. The first-order chi connectivity index (χ1) is 9.13. The zero-order valence-corrected chi connectivity index (χ0v) is 14.5. The molecule has 0 bridgehead atoms. The molecule has 1 heterocycles. The predicted molar refractivity (Wildman–Crippen MR) is 90.0 cm³/mol. The van der Waals surface area contributed by atoms with E-state index in [9.17, 15) is 0 Å². The second-order valence-corrected chi connectivity index (χ2v) is 7.12. The summed E-state index contributed by atoms with van der Waals surface area (Å²) < 4.78 is 1.14. The van der Waals surface area contributed by atoms with Gasteiger partial charge in [0.15, 0.2) is 0 Å². The summed E-state index contributed by atoms with van der Waals surface area (Å²) in [4.78, 5) is 1.30. The standard InChI is InChI=1S/C15H15BrCl2S/c1-11-4-2-3-5-12(11)15(9-17,10-18)8-14-13(16)6-7-19-14/h2-7H,8-10H2,1H3. The number of aryl methyl sites for hydroxylation is 1. The van der Waals surface area contributed by atoms with Crippen LogP contribution in [0.4, 0.5) is 0 Å². The Hall–Kier alpha value is -0.0200. The summed E-state index contributed by atoms with van der Waals surface area (Å²) in [6.45, 7) is 2.12. The molecule has 0 saturated heterocycles. The maximum Gasteiger partial charge on any atom is 0.0335 e.